The van der Waals surface area contributed by atoms with E-state index in [0.717, 1.165) is 50.7 Å². The quantitative estimate of drug-likeness (QED) is 0.808. The van der Waals surface area contributed by atoms with Gasteiger partial charge in [0, 0.05) is 54.8 Å². The summed E-state index contributed by atoms with van der Waals surface area (Å²) in [6.45, 7) is 5.50. The fourth-order valence-electron chi connectivity index (χ4n) is 5.00. The number of fused-ring (bicyclic) bond motifs is 2. The Bertz CT molecular complexity index is 964. The van der Waals surface area contributed by atoms with E-state index < -0.39 is 0 Å². The van der Waals surface area contributed by atoms with E-state index in [-0.39, 0.29) is 5.91 Å². The Hall–Kier alpha value is -2.94. The topological polar surface area (TPSA) is 73.1 Å². The number of rotatable bonds is 2. The second kappa shape index (κ2) is 6.59. The van der Waals surface area contributed by atoms with Crippen molar-refractivity contribution in [1.82, 2.24) is 14.9 Å². The zero-order valence-electron chi connectivity index (χ0n) is 16.1. The molecule has 1 aliphatic carbocycles. The summed E-state index contributed by atoms with van der Waals surface area (Å²) in [6.07, 6.45) is 3.33. The average Bonchev–Trinajstić information content (AvgIpc) is 3.41. The van der Waals surface area contributed by atoms with Crippen LogP contribution >= 0.6 is 0 Å². The standard InChI is InChI=1S/C22H23N5O/c1-14-24-20-4-2-3-19(20)21(25-14)26-10-17-12-27(13-18(17)11-26)22(28)16-7-5-15(9-23)6-8-16/h5-8,17-18H,2-4,10-13H2,1H3. The van der Waals surface area contributed by atoms with Gasteiger partial charge < -0.3 is 9.80 Å². The van der Waals surface area contributed by atoms with E-state index in [4.69, 9.17) is 10.2 Å². The number of benzene rings is 1. The van der Waals surface area contributed by atoms with Crippen molar-refractivity contribution in [3.05, 3.63) is 52.5 Å². The minimum Gasteiger partial charge on any atom is -0.356 e. The predicted octanol–water partition coefficient (Wildman–Crippen LogP) is 2.35. The molecule has 5 rings (SSSR count). The van der Waals surface area contributed by atoms with Crippen molar-refractivity contribution in [1.29, 1.82) is 5.26 Å². The summed E-state index contributed by atoms with van der Waals surface area (Å²) < 4.78 is 0. The van der Waals surface area contributed by atoms with Crippen LogP contribution in [0.25, 0.3) is 0 Å². The first-order valence-corrected chi connectivity index (χ1v) is 10.0. The Kier molecular flexibility index (Phi) is 4.04. The van der Waals surface area contributed by atoms with Crippen LogP contribution in [-0.4, -0.2) is 47.0 Å². The van der Waals surface area contributed by atoms with Crippen molar-refractivity contribution in [3.8, 4) is 6.07 Å². The van der Waals surface area contributed by atoms with E-state index in [9.17, 15) is 4.79 Å². The van der Waals surface area contributed by atoms with Gasteiger partial charge in [0.15, 0.2) is 0 Å². The number of anilines is 1. The van der Waals surface area contributed by atoms with Gasteiger partial charge in [-0.2, -0.15) is 5.26 Å². The number of aryl methyl sites for hydroxylation is 2. The van der Waals surface area contributed by atoms with Crippen molar-refractivity contribution in [3.63, 3.8) is 0 Å². The second-order valence-electron chi connectivity index (χ2n) is 8.20. The summed E-state index contributed by atoms with van der Waals surface area (Å²) in [5.74, 6) is 3.07. The normalized spacial score (nSPS) is 22.9. The van der Waals surface area contributed by atoms with Gasteiger partial charge in [-0.25, -0.2) is 9.97 Å². The third-order valence-electron chi connectivity index (χ3n) is 6.36. The van der Waals surface area contributed by atoms with Crippen molar-refractivity contribution in [2.45, 2.75) is 26.2 Å². The molecule has 0 radical (unpaired) electrons. The van der Waals surface area contributed by atoms with Crippen LogP contribution < -0.4 is 4.90 Å². The van der Waals surface area contributed by atoms with Gasteiger partial charge in [0.05, 0.1) is 11.6 Å². The van der Waals surface area contributed by atoms with Gasteiger partial charge in [0.25, 0.3) is 5.91 Å². The molecule has 3 heterocycles. The second-order valence-corrected chi connectivity index (χ2v) is 8.20. The lowest BCUT2D eigenvalue weighted by molar-refractivity contribution is 0.0782. The van der Waals surface area contributed by atoms with E-state index in [1.807, 2.05) is 11.8 Å². The molecular formula is C22H23N5O. The minimum atomic E-state index is 0.0733. The Morgan fingerprint density at radius 2 is 1.79 bits per heavy atom. The minimum absolute atomic E-state index is 0.0733. The number of hydrogen-bond acceptors (Lipinski definition) is 5. The van der Waals surface area contributed by atoms with Crippen molar-refractivity contribution < 1.29 is 4.79 Å². The van der Waals surface area contributed by atoms with Gasteiger partial charge in [-0.3, -0.25) is 4.79 Å². The zero-order valence-corrected chi connectivity index (χ0v) is 16.1. The molecule has 2 atom stereocenters. The number of amides is 1. The Labute approximate surface area is 164 Å². The fourth-order valence-corrected chi connectivity index (χ4v) is 5.00. The molecule has 0 spiro atoms. The molecule has 2 unspecified atom stereocenters. The molecule has 2 aromatic rings. The lowest BCUT2D eigenvalue weighted by Gasteiger charge is -2.24. The van der Waals surface area contributed by atoms with Crippen LogP contribution in [0.4, 0.5) is 5.82 Å². The van der Waals surface area contributed by atoms with E-state index in [2.05, 4.69) is 16.0 Å². The smallest absolute Gasteiger partial charge is 0.253 e. The van der Waals surface area contributed by atoms with E-state index >= 15 is 0 Å². The molecule has 0 saturated carbocycles. The number of hydrogen-bond donors (Lipinski definition) is 0. The van der Waals surface area contributed by atoms with E-state index in [1.165, 1.54) is 17.7 Å². The first-order chi connectivity index (χ1) is 13.6. The monoisotopic (exact) mass is 373 g/mol. The maximum absolute atomic E-state index is 12.8. The first kappa shape index (κ1) is 17.2. The fraction of sp³-hybridized carbons (Fsp3) is 0.455. The molecule has 3 aliphatic rings. The molecule has 142 valence electrons. The molecule has 2 saturated heterocycles. The number of aromatic nitrogens is 2. The highest BCUT2D eigenvalue weighted by atomic mass is 16.2. The maximum Gasteiger partial charge on any atom is 0.253 e. The van der Waals surface area contributed by atoms with Crippen LogP contribution in [0.5, 0.6) is 0 Å². The maximum atomic E-state index is 12.8. The lowest BCUT2D eigenvalue weighted by Crippen LogP contribution is -2.33. The summed E-state index contributed by atoms with van der Waals surface area (Å²) in [5, 5.41) is 8.92. The molecule has 2 fully saturated rings. The molecule has 28 heavy (non-hydrogen) atoms. The predicted molar refractivity (Wildman–Crippen MR) is 105 cm³/mol. The molecule has 1 amide bonds. The number of nitrogens with zero attached hydrogens (tertiary/aromatic N) is 5. The molecule has 1 aromatic carbocycles. The SMILES string of the molecule is Cc1nc2c(c(N3CC4CN(C(=O)c5ccc(C#N)cc5)CC4C3)n1)CCC2. The van der Waals surface area contributed by atoms with E-state index in [0.29, 0.717) is 23.0 Å². The summed E-state index contributed by atoms with van der Waals surface area (Å²) in [4.78, 5) is 26.6. The summed E-state index contributed by atoms with van der Waals surface area (Å²) >= 11 is 0. The molecular weight excluding hydrogens is 350 g/mol. The Balaban J connectivity index is 1.29. The van der Waals surface area contributed by atoms with Crippen LogP contribution in [0.2, 0.25) is 0 Å². The van der Waals surface area contributed by atoms with Crippen LogP contribution in [0.3, 0.4) is 0 Å². The molecule has 2 aliphatic heterocycles. The third-order valence-corrected chi connectivity index (χ3v) is 6.36. The Morgan fingerprint density at radius 1 is 1.07 bits per heavy atom. The molecule has 6 heteroatoms. The molecule has 0 bridgehead atoms. The highest BCUT2D eigenvalue weighted by Crippen LogP contribution is 2.37. The summed E-state index contributed by atoms with van der Waals surface area (Å²) in [5.41, 5.74) is 3.83. The van der Waals surface area contributed by atoms with Crippen molar-refractivity contribution >= 4 is 11.7 Å². The number of carbonyl (C=O) groups excluding carboxylic acids is 1. The molecule has 1 aromatic heterocycles. The Morgan fingerprint density at radius 3 is 2.46 bits per heavy atom. The first-order valence-electron chi connectivity index (χ1n) is 10.0. The largest absolute Gasteiger partial charge is 0.356 e. The van der Waals surface area contributed by atoms with Crippen molar-refractivity contribution in [2.75, 3.05) is 31.1 Å². The highest BCUT2D eigenvalue weighted by Gasteiger charge is 2.43. The molecule has 6 nitrogen and oxygen atoms in total. The van der Waals surface area contributed by atoms with Gasteiger partial charge in [0.2, 0.25) is 0 Å². The number of nitriles is 1. The van der Waals surface area contributed by atoms with Crippen LogP contribution in [-0.2, 0) is 12.8 Å². The number of carbonyl (C=O) groups is 1. The van der Waals surface area contributed by atoms with Gasteiger partial charge in [0.1, 0.15) is 11.6 Å². The zero-order chi connectivity index (χ0) is 19.3. The summed E-state index contributed by atoms with van der Waals surface area (Å²) in [7, 11) is 0. The highest BCUT2D eigenvalue weighted by molar-refractivity contribution is 5.94. The average molecular weight is 373 g/mol. The van der Waals surface area contributed by atoms with Gasteiger partial charge in [-0.1, -0.05) is 0 Å². The lowest BCUT2D eigenvalue weighted by atomic mass is 10.0. The van der Waals surface area contributed by atoms with E-state index in [1.54, 1.807) is 24.3 Å². The molecule has 0 N–H and O–H groups in total. The van der Waals surface area contributed by atoms with Crippen molar-refractivity contribution in [2.24, 2.45) is 11.8 Å². The number of likely N-dealkylation sites (tertiary alicyclic amines) is 1. The van der Waals surface area contributed by atoms with Crippen LogP contribution in [0.15, 0.2) is 24.3 Å². The van der Waals surface area contributed by atoms with Gasteiger partial charge in [-0.15, -0.1) is 0 Å². The summed E-state index contributed by atoms with van der Waals surface area (Å²) in [6, 6.07) is 9.04. The van der Waals surface area contributed by atoms with Gasteiger partial charge in [-0.05, 0) is 50.5 Å². The van der Waals surface area contributed by atoms with Crippen LogP contribution in [0.1, 0.15) is 39.4 Å². The van der Waals surface area contributed by atoms with Gasteiger partial charge >= 0.3 is 0 Å². The van der Waals surface area contributed by atoms with Crippen LogP contribution in [0, 0.1) is 30.1 Å². The third kappa shape index (κ3) is 2.82.